The Bertz CT molecular complexity index is 1700. The summed E-state index contributed by atoms with van der Waals surface area (Å²) in [5.74, 6) is -0.0188. The van der Waals surface area contributed by atoms with Gasteiger partial charge in [0.05, 0.1) is 48.5 Å². The fourth-order valence-corrected chi connectivity index (χ4v) is 5.91. The number of carbonyl (C=O) groups excluding carboxylic acids is 1. The molecule has 1 saturated carbocycles. The SMILES string of the molecule is CCOc1ncccc1-c1ccc(OC2CC3(C2)CN(c2ccc(F)cc2C#N)C3)c(C(=O)NCc2cnn(CCO)c2)n1. The molecule has 1 aliphatic heterocycles. The summed E-state index contributed by atoms with van der Waals surface area (Å²) in [6.45, 7) is 4.37. The minimum Gasteiger partial charge on any atom is -0.488 e. The van der Waals surface area contributed by atoms with Gasteiger partial charge in [-0.25, -0.2) is 14.4 Å². The van der Waals surface area contributed by atoms with Crippen LogP contribution in [0.5, 0.6) is 11.6 Å². The first kappa shape index (κ1) is 29.1. The number of hydrogen-bond acceptors (Lipinski definition) is 9. The van der Waals surface area contributed by atoms with Crippen LogP contribution >= 0.6 is 0 Å². The van der Waals surface area contributed by atoms with Gasteiger partial charge in [-0.05, 0) is 62.2 Å². The molecule has 6 rings (SSSR count). The minimum atomic E-state index is -0.425. The largest absolute Gasteiger partial charge is 0.488 e. The van der Waals surface area contributed by atoms with Gasteiger partial charge in [-0.1, -0.05) is 0 Å². The molecule has 4 heterocycles. The van der Waals surface area contributed by atoms with E-state index in [0.717, 1.165) is 37.2 Å². The van der Waals surface area contributed by atoms with E-state index in [9.17, 15) is 14.4 Å². The van der Waals surface area contributed by atoms with Gasteiger partial charge in [-0.2, -0.15) is 10.4 Å². The monoisotopic (exact) mass is 597 g/mol. The molecular formula is C32H32FN7O4. The molecule has 12 heteroatoms. The van der Waals surface area contributed by atoms with E-state index in [1.165, 1.54) is 12.1 Å². The number of anilines is 1. The van der Waals surface area contributed by atoms with E-state index < -0.39 is 11.7 Å². The predicted molar refractivity (Wildman–Crippen MR) is 159 cm³/mol. The van der Waals surface area contributed by atoms with Gasteiger partial charge in [0.25, 0.3) is 5.91 Å². The topological polar surface area (TPSA) is 138 Å². The second-order valence-electron chi connectivity index (χ2n) is 11.1. The van der Waals surface area contributed by atoms with Gasteiger partial charge in [0, 0.05) is 43.0 Å². The third-order valence-electron chi connectivity index (χ3n) is 7.96. The van der Waals surface area contributed by atoms with Crippen molar-refractivity contribution in [1.29, 1.82) is 5.26 Å². The molecule has 4 aromatic rings. The van der Waals surface area contributed by atoms with E-state index in [1.54, 1.807) is 47.5 Å². The molecule has 0 unspecified atom stereocenters. The zero-order valence-corrected chi connectivity index (χ0v) is 24.2. The average Bonchev–Trinajstić information content (AvgIpc) is 3.45. The number of rotatable bonds is 11. The zero-order valence-electron chi connectivity index (χ0n) is 24.2. The highest BCUT2D eigenvalue weighted by atomic mass is 19.1. The van der Waals surface area contributed by atoms with Crippen molar-refractivity contribution in [2.75, 3.05) is 31.2 Å². The number of nitrogens with one attached hydrogen (secondary N) is 1. The number of amides is 1. The van der Waals surface area contributed by atoms with Crippen molar-refractivity contribution in [2.24, 2.45) is 5.41 Å². The molecule has 2 aliphatic rings. The smallest absolute Gasteiger partial charge is 0.274 e. The molecule has 0 bridgehead atoms. The standard InChI is InChI=1S/C32H32FN7O4/c1-2-43-31-25(4-3-9-35-31)26-6-8-28(29(38-26)30(42)36-16-21-17-37-40(18-21)10-11-41)44-24-13-32(14-24)19-39(20-32)27-7-5-23(33)12-22(27)15-34/h3-9,12,17-18,24,41H,2,10-11,13-14,16,19-20H2,1H3,(H,36,42). The van der Waals surface area contributed by atoms with Gasteiger partial charge < -0.3 is 24.8 Å². The Morgan fingerprint density at radius 3 is 2.86 bits per heavy atom. The van der Waals surface area contributed by atoms with Gasteiger partial charge in [0.15, 0.2) is 11.4 Å². The molecule has 3 aromatic heterocycles. The van der Waals surface area contributed by atoms with Gasteiger partial charge in [-0.15, -0.1) is 0 Å². The van der Waals surface area contributed by atoms with E-state index >= 15 is 0 Å². The highest BCUT2D eigenvalue weighted by Gasteiger charge is 2.54. The molecule has 1 aliphatic carbocycles. The maximum atomic E-state index is 13.6. The Morgan fingerprint density at radius 2 is 2.09 bits per heavy atom. The normalized spacial score (nSPS) is 15.3. The highest BCUT2D eigenvalue weighted by molar-refractivity contribution is 5.95. The minimum absolute atomic E-state index is 0.0312. The number of aliphatic hydroxyl groups excluding tert-OH is 1. The fraction of sp³-hybridized carbons (Fsp3) is 0.344. The number of pyridine rings is 2. The summed E-state index contributed by atoms with van der Waals surface area (Å²) in [5, 5.41) is 25.7. The predicted octanol–water partition coefficient (Wildman–Crippen LogP) is 3.72. The van der Waals surface area contributed by atoms with Crippen molar-refractivity contribution >= 4 is 11.6 Å². The first-order valence-corrected chi connectivity index (χ1v) is 14.5. The van der Waals surface area contributed by atoms with Gasteiger partial charge >= 0.3 is 0 Å². The molecule has 0 atom stereocenters. The number of aromatic nitrogens is 4. The maximum absolute atomic E-state index is 13.6. The van der Waals surface area contributed by atoms with Gasteiger partial charge in [0.2, 0.25) is 5.88 Å². The Hall–Kier alpha value is -5.02. The number of carbonyl (C=O) groups is 1. The van der Waals surface area contributed by atoms with Crippen LogP contribution in [0.3, 0.4) is 0 Å². The lowest BCUT2D eigenvalue weighted by atomic mass is 9.61. The van der Waals surface area contributed by atoms with Crippen molar-refractivity contribution in [3.05, 3.63) is 83.7 Å². The Kier molecular flexibility index (Phi) is 8.13. The second kappa shape index (κ2) is 12.3. The summed E-state index contributed by atoms with van der Waals surface area (Å²) in [5.41, 5.74) is 3.25. The number of benzene rings is 1. The van der Waals surface area contributed by atoms with Crippen molar-refractivity contribution in [1.82, 2.24) is 25.1 Å². The summed E-state index contributed by atoms with van der Waals surface area (Å²) in [6, 6.07) is 13.6. The third kappa shape index (κ3) is 5.91. The zero-order chi connectivity index (χ0) is 30.7. The molecule has 0 radical (unpaired) electrons. The van der Waals surface area contributed by atoms with Crippen molar-refractivity contribution < 1.29 is 23.8 Å². The number of ether oxygens (including phenoxy) is 2. The molecule has 11 nitrogen and oxygen atoms in total. The fourth-order valence-electron chi connectivity index (χ4n) is 5.91. The lowest BCUT2D eigenvalue weighted by molar-refractivity contribution is -0.0344. The number of halogens is 1. The molecule has 1 saturated heterocycles. The lowest BCUT2D eigenvalue weighted by Gasteiger charge is -2.59. The van der Waals surface area contributed by atoms with E-state index in [-0.39, 0.29) is 30.4 Å². The lowest BCUT2D eigenvalue weighted by Crippen LogP contribution is -2.65. The summed E-state index contributed by atoms with van der Waals surface area (Å²) in [4.78, 5) is 24.6. The summed E-state index contributed by atoms with van der Waals surface area (Å²) < 4.78 is 27.3. The van der Waals surface area contributed by atoms with Gasteiger partial charge in [-0.3, -0.25) is 9.48 Å². The Morgan fingerprint density at radius 1 is 1.25 bits per heavy atom. The molecular weight excluding hydrogens is 565 g/mol. The van der Waals surface area contributed by atoms with Crippen molar-refractivity contribution in [3.63, 3.8) is 0 Å². The molecule has 2 N–H and O–H groups in total. The van der Waals surface area contributed by atoms with E-state index in [4.69, 9.17) is 19.6 Å². The summed E-state index contributed by atoms with van der Waals surface area (Å²) in [7, 11) is 0. The number of nitrogens with zero attached hydrogens (tertiary/aromatic N) is 6. The van der Waals surface area contributed by atoms with Crippen LogP contribution in [-0.2, 0) is 13.1 Å². The highest BCUT2D eigenvalue weighted by Crippen LogP contribution is 2.51. The van der Waals surface area contributed by atoms with Crippen LogP contribution < -0.4 is 19.7 Å². The maximum Gasteiger partial charge on any atom is 0.274 e. The molecule has 1 aromatic carbocycles. The number of aliphatic hydroxyl groups is 1. The van der Waals surface area contributed by atoms with Crippen LogP contribution in [0.4, 0.5) is 10.1 Å². The van der Waals surface area contributed by atoms with Crippen LogP contribution in [-0.4, -0.2) is 63.2 Å². The van der Waals surface area contributed by atoms with Crippen LogP contribution in [0.25, 0.3) is 11.3 Å². The molecule has 2 fully saturated rings. The van der Waals surface area contributed by atoms with Crippen molar-refractivity contribution in [3.8, 4) is 29.0 Å². The Labute approximate surface area is 253 Å². The third-order valence-corrected chi connectivity index (χ3v) is 7.96. The number of hydrogen-bond donors (Lipinski definition) is 2. The van der Waals surface area contributed by atoms with Crippen LogP contribution in [0.1, 0.15) is 41.4 Å². The average molecular weight is 598 g/mol. The molecule has 226 valence electrons. The molecule has 1 amide bonds. The van der Waals surface area contributed by atoms with E-state index in [0.29, 0.717) is 41.6 Å². The van der Waals surface area contributed by atoms with Crippen LogP contribution in [0, 0.1) is 22.6 Å². The molecule has 1 spiro atoms. The summed E-state index contributed by atoms with van der Waals surface area (Å²) in [6.07, 6.45) is 6.52. The first-order valence-electron chi connectivity index (χ1n) is 14.5. The number of nitriles is 1. The Balaban J connectivity index is 1.17. The van der Waals surface area contributed by atoms with E-state index in [2.05, 4.69) is 26.4 Å². The summed E-state index contributed by atoms with van der Waals surface area (Å²) >= 11 is 0. The quantitative estimate of drug-likeness (QED) is 0.265. The van der Waals surface area contributed by atoms with Gasteiger partial charge in [0.1, 0.15) is 18.0 Å². The van der Waals surface area contributed by atoms with Crippen LogP contribution in [0.2, 0.25) is 0 Å². The van der Waals surface area contributed by atoms with Crippen molar-refractivity contribution in [2.45, 2.75) is 39.0 Å². The molecule has 44 heavy (non-hydrogen) atoms. The second-order valence-corrected chi connectivity index (χ2v) is 11.1. The van der Waals surface area contributed by atoms with E-state index in [1.807, 2.05) is 13.0 Å². The van der Waals surface area contributed by atoms with Crippen LogP contribution in [0.15, 0.2) is 61.1 Å². The first-order chi connectivity index (χ1) is 21.4.